The summed E-state index contributed by atoms with van der Waals surface area (Å²) in [6, 6.07) is 26.9. The summed E-state index contributed by atoms with van der Waals surface area (Å²) in [4.78, 5) is 0. The van der Waals surface area contributed by atoms with Crippen LogP contribution in [-0.4, -0.2) is 27.0 Å². The van der Waals surface area contributed by atoms with E-state index < -0.39 is 6.29 Å². The summed E-state index contributed by atoms with van der Waals surface area (Å²) < 4.78 is 11.7. The van der Waals surface area contributed by atoms with Crippen molar-refractivity contribution in [1.82, 2.24) is 10.2 Å². The molecule has 0 bridgehead atoms. The Labute approximate surface area is 197 Å². The van der Waals surface area contributed by atoms with Crippen LogP contribution in [0.5, 0.6) is 5.75 Å². The van der Waals surface area contributed by atoms with Crippen LogP contribution in [0, 0.1) is 0 Å². The monoisotopic (exact) mass is 452 g/mol. The van der Waals surface area contributed by atoms with Crippen LogP contribution in [0.3, 0.4) is 0 Å². The molecule has 0 unspecified atom stereocenters. The van der Waals surface area contributed by atoms with Gasteiger partial charge in [0.05, 0.1) is 6.61 Å². The van der Waals surface area contributed by atoms with Gasteiger partial charge in [0.15, 0.2) is 6.29 Å². The average molecular weight is 453 g/mol. The second-order valence-corrected chi connectivity index (χ2v) is 7.98. The minimum Gasteiger partial charge on any atom is -0.494 e. The molecule has 0 aliphatic rings. The third-order valence-corrected chi connectivity index (χ3v) is 5.68. The third kappa shape index (κ3) is 4.29. The van der Waals surface area contributed by atoms with E-state index in [1.165, 1.54) is 0 Å². The molecule has 6 nitrogen and oxygen atoms in total. The van der Waals surface area contributed by atoms with E-state index in [9.17, 15) is 10.2 Å². The highest BCUT2D eigenvalue weighted by Crippen LogP contribution is 2.34. The van der Waals surface area contributed by atoms with Crippen molar-refractivity contribution in [2.45, 2.75) is 19.6 Å². The molecule has 1 aromatic heterocycles. The summed E-state index contributed by atoms with van der Waals surface area (Å²) in [6.45, 7) is 2.80. The van der Waals surface area contributed by atoms with Crippen molar-refractivity contribution in [3.8, 4) is 39.8 Å². The van der Waals surface area contributed by atoms with E-state index in [1.807, 2.05) is 72.8 Å². The number of aromatic nitrogens is 2. The van der Waals surface area contributed by atoms with E-state index >= 15 is 0 Å². The second-order valence-electron chi connectivity index (χ2n) is 7.98. The minimum atomic E-state index is -1.56. The molecule has 0 aliphatic carbocycles. The first kappa shape index (κ1) is 21.8. The molecule has 0 saturated carbocycles. The quantitative estimate of drug-likeness (QED) is 0.295. The lowest BCUT2D eigenvalue weighted by atomic mass is 9.99. The maximum Gasteiger partial charge on any atom is 0.248 e. The summed E-state index contributed by atoms with van der Waals surface area (Å²) >= 11 is 0. The van der Waals surface area contributed by atoms with Crippen LogP contribution in [0.4, 0.5) is 0 Å². The number of fused-ring (bicyclic) bond motifs is 1. The molecule has 0 fully saturated rings. The third-order valence-electron chi connectivity index (χ3n) is 5.68. The van der Waals surface area contributed by atoms with Gasteiger partial charge in [0.25, 0.3) is 0 Å². The number of aliphatic hydroxyl groups excluding tert-OH is 1. The largest absolute Gasteiger partial charge is 0.494 e. The van der Waals surface area contributed by atoms with E-state index in [0.717, 1.165) is 45.2 Å². The van der Waals surface area contributed by atoms with Gasteiger partial charge in [0.2, 0.25) is 11.8 Å². The maximum atomic E-state index is 9.69. The van der Waals surface area contributed by atoms with Crippen molar-refractivity contribution in [3.63, 3.8) is 0 Å². The molecule has 0 saturated heterocycles. The van der Waals surface area contributed by atoms with Crippen LogP contribution in [-0.2, 0) is 0 Å². The predicted octanol–water partition coefficient (Wildman–Crippen LogP) is 6.00. The van der Waals surface area contributed by atoms with E-state index in [2.05, 4.69) is 17.1 Å². The van der Waals surface area contributed by atoms with E-state index in [0.29, 0.717) is 24.0 Å². The van der Waals surface area contributed by atoms with E-state index in [1.54, 1.807) is 12.1 Å². The van der Waals surface area contributed by atoms with Gasteiger partial charge >= 0.3 is 0 Å². The summed E-state index contributed by atoms with van der Waals surface area (Å²) in [7, 11) is 0. The van der Waals surface area contributed by atoms with Gasteiger partial charge in [-0.1, -0.05) is 61.5 Å². The molecule has 170 valence electrons. The number of nitrogens with zero attached hydrogens (tertiary/aromatic N) is 2. The highest BCUT2D eigenvalue weighted by Gasteiger charge is 2.16. The Morgan fingerprint density at radius 2 is 1.35 bits per heavy atom. The van der Waals surface area contributed by atoms with Crippen molar-refractivity contribution >= 4 is 10.8 Å². The van der Waals surface area contributed by atoms with Gasteiger partial charge in [0, 0.05) is 16.7 Å². The summed E-state index contributed by atoms with van der Waals surface area (Å²) in [5, 5.41) is 29.4. The molecule has 2 N–H and O–H groups in total. The molecule has 0 spiro atoms. The average Bonchev–Trinajstić information content (AvgIpc) is 3.37. The Hall–Kier alpha value is -4.00. The standard InChI is InChI=1S/C28H24N2O4/c1-2-17-33-21-13-11-19(12-14-21)18-7-9-20(10-8-18)26-29-30-27(34-26)24-15-16-25(28(31)32)23-6-4-3-5-22(23)24/h3-16,28,31-32H,2,17H2,1H3. The molecule has 0 aliphatic heterocycles. The first-order valence-corrected chi connectivity index (χ1v) is 11.2. The Morgan fingerprint density at radius 1 is 0.735 bits per heavy atom. The second kappa shape index (κ2) is 9.47. The van der Waals surface area contributed by atoms with Gasteiger partial charge < -0.3 is 19.4 Å². The van der Waals surface area contributed by atoms with Crippen LogP contribution in [0.25, 0.3) is 44.8 Å². The predicted molar refractivity (Wildman–Crippen MR) is 131 cm³/mol. The van der Waals surface area contributed by atoms with Crippen molar-refractivity contribution < 1.29 is 19.4 Å². The fraction of sp³-hybridized carbons (Fsp3) is 0.143. The van der Waals surface area contributed by atoms with Crippen LogP contribution >= 0.6 is 0 Å². The smallest absolute Gasteiger partial charge is 0.248 e. The van der Waals surface area contributed by atoms with Crippen molar-refractivity contribution in [2.24, 2.45) is 0 Å². The molecule has 5 aromatic rings. The van der Waals surface area contributed by atoms with Gasteiger partial charge in [-0.25, -0.2) is 0 Å². The van der Waals surface area contributed by atoms with Gasteiger partial charge in [-0.05, 0) is 58.7 Å². The number of aliphatic hydroxyl groups is 2. The first-order valence-electron chi connectivity index (χ1n) is 11.2. The number of benzene rings is 4. The van der Waals surface area contributed by atoms with Gasteiger partial charge in [0.1, 0.15) is 5.75 Å². The molecule has 4 aromatic carbocycles. The fourth-order valence-corrected chi connectivity index (χ4v) is 3.95. The maximum absolute atomic E-state index is 9.69. The lowest BCUT2D eigenvalue weighted by molar-refractivity contribution is -0.0413. The topological polar surface area (TPSA) is 88.6 Å². The van der Waals surface area contributed by atoms with Gasteiger partial charge in [-0.2, -0.15) is 0 Å². The normalized spacial score (nSPS) is 11.3. The molecule has 0 radical (unpaired) electrons. The summed E-state index contributed by atoms with van der Waals surface area (Å²) in [6.07, 6.45) is -0.579. The van der Waals surface area contributed by atoms with Crippen LogP contribution in [0.15, 0.2) is 89.3 Å². The van der Waals surface area contributed by atoms with Crippen LogP contribution in [0.2, 0.25) is 0 Å². The Bertz CT molecular complexity index is 1410. The molecule has 5 rings (SSSR count). The highest BCUT2D eigenvalue weighted by molar-refractivity contribution is 5.97. The zero-order valence-corrected chi connectivity index (χ0v) is 18.7. The summed E-state index contributed by atoms with van der Waals surface area (Å²) in [5.41, 5.74) is 4.16. The fourth-order valence-electron chi connectivity index (χ4n) is 3.95. The Morgan fingerprint density at radius 3 is 2.03 bits per heavy atom. The molecular formula is C28H24N2O4. The number of hydrogen-bond acceptors (Lipinski definition) is 6. The van der Waals surface area contributed by atoms with Crippen LogP contribution < -0.4 is 4.74 Å². The van der Waals surface area contributed by atoms with E-state index in [-0.39, 0.29) is 0 Å². The zero-order chi connectivity index (χ0) is 23.5. The lowest BCUT2D eigenvalue weighted by Crippen LogP contribution is -1.96. The van der Waals surface area contributed by atoms with Crippen molar-refractivity contribution in [2.75, 3.05) is 6.61 Å². The molecule has 0 amide bonds. The van der Waals surface area contributed by atoms with E-state index in [4.69, 9.17) is 9.15 Å². The molecular weight excluding hydrogens is 428 g/mol. The lowest BCUT2D eigenvalue weighted by Gasteiger charge is -2.10. The molecule has 0 atom stereocenters. The molecule has 1 heterocycles. The summed E-state index contributed by atoms with van der Waals surface area (Å²) in [5.74, 6) is 1.66. The Balaban J connectivity index is 1.41. The van der Waals surface area contributed by atoms with Crippen LogP contribution in [0.1, 0.15) is 25.2 Å². The SMILES string of the molecule is CCCOc1ccc(-c2ccc(-c3nnc(-c4ccc(C(O)O)c5ccccc45)o3)cc2)cc1. The number of ether oxygens (including phenoxy) is 1. The zero-order valence-electron chi connectivity index (χ0n) is 18.7. The van der Waals surface area contributed by atoms with Gasteiger partial charge in [-0.15, -0.1) is 10.2 Å². The number of rotatable bonds is 7. The van der Waals surface area contributed by atoms with Gasteiger partial charge in [-0.3, -0.25) is 0 Å². The molecule has 6 heteroatoms. The van der Waals surface area contributed by atoms with Crippen molar-refractivity contribution in [3.05, 3.63) is 90.5 Å². The molecule has 34 heavy (non-hydrogen) atoms. The highest BCUT2D eigenvalue weighted by atomic mass is 16.5. The minimum absolute atomic E-state index is 0.372. The number of hydrogen-bond donors (Lipinski definition) is 2. The first-order chi connectivity index (χ1) is 16.6. The Kier molecular flexibility index (Phi) is 6.08. The van der Waals surface area contributed by atoms with Crippen molar-refractivity contribution in [1.29, 1.82) is 0 Å².